The fourth-order valence-electron chi connectivity index (χ4n) is 5.24. The normalized spacial score (nSPS) is 16.7. The van der Waals surface area contributed by atoms with Crippen LogP contribution in [0.3, 0.4) is 0 Å². The number of halogens is 3. The molecule has 3 atom stereocenters. The highest BCUT2D eigenvalue weighted by molar-refractivity contribution is 5.99. The van der Waals surface area contributed by atoms with E-state index in [0.717, 1.165) is 16.8 Å². The molecule has 3 amide bonds. The molecule has 0 aliphatic carbocycles. The molecule has 0 bridgehead atoms. The first-order chi connectivity index (χ1) is 21.2. The van der Waals surface area contributed by atoms with Crippen molar-refractivity contribution in [3.63, 3.8) is 0 Å². The Labute approximate surface area is 259 Å². The molecule has 246 valence electrons. The molecule has 1 aliphatic heterocycles. The number of carbonyl (C=O) groups is 3. The molecule has 1 aliphatic rings. The summed E-state index contributed by atoms with van der Waals surface area (Å²) in [6, 6.07) is 7.57. The predicted octanol–water partition coefficient (Wildman–Crippen LogP) is 3.65. The van der Waals surface area contributed by atoms with Gasteiger partial charge in [-0.1, -0.05) is 44.2 Å². The number of benzene rings is 2. The Kier molecular flexibility index (Phi) is 11.5. The van der Waals surface area contributed by atoms with Gasteiger partial charge in [-0.3, -0.25) is 14.4 Å². The maximum atomic E-state index is 14.5. The van der Waals surface area contributed by atoms with Crippen molar-refractivity contribution in [3.05, 3.63) is 59.8 Å². The zero-order valence-corrected chi connectivity index (χ0v) is 26.1. The number of alkyl halides is 3. The number of methoxy groups -OCH3 is 4. The minimum atomic E-state index is -5.17. The zero-order chi connectivity index (χ0) is 33.6. The van der Waals surface area contributed by atoms with Crippen LogP contribution >= 0.6 is 0 Å². The molecule has 2 aromatic rings. The van der Waals surface area contributed by atoms with Crippen LogP contribution in [0.25, 0.3) is 5.70 Å². The fourth-order valence-corrected chi connectivity index (χ4v) is 5.24. The van der Waals surface area contributed by atoms with Gasteiger partial charge in [-0.25, -0.2) is 10.0 Å². The summed E-state index contributed by atoms with van der Waals surface area (Å²) in [4.78, 5) is 42.3. The molecule has 1 N–H and O–H groups in total. The van der Waals surface area contributed by atoms with E-state index in [0.29, 0.717) is 10.6 Å². The van der Waals surface area contributed by atoms with E-state index < -0.39 is 61.0 Å². The molecule has 3 unspecified atom stereocenters. The highest BCUT2D eigenvalue weighted by Crippen LogP contribution is 2.43. The van der Waals surface area contributed by atoms with Crippen LogP contribution < -0.4 is 14.2 Å². The summed E-state index contributed by atoms with van der Waals surface area (Å²) in [5.41, 5.74) is 0.335. The number of hydrazine groups is 1. The highest BCUT2D eigenvalue weighted by Gasteiger charge is 2.51. The molecule has 3 rings (SSSR count). The van der Waals surface area contributed by atoms with Crippen LogP contribution in [-0.4, -0.2) is 97.2 Å². The van der Waals surface area contributed by atoms with Crippen molar-refractivity contribution in [3.8, 4) is 17.2 Å². The Morgan fingerprint density at radius 1 is 1.00 bits per heavy atom. The molecule has 14 heteroatoms. The van der Waals surface area contributed by atoms with Crippen LogP contribution in [0.4, 0.5) is 13.2 Å². The minimum Gasteiger partial charge on any atom is -0.493 e. The number of amides is 3. The lowest BCUT2D eigenvalue weighted by Crippen LogP contribution is -2.65. The molecule has 1 heterocycles. The van der Waals surface area contributed by atoms with Gasteiger partial charge < -0.3 is 29.0 Å². The van der Waals surface area contributed by atoms with Gasteiger partial charge in [0.05, 0.1) is 33.1 Å². The summed E-state index contributed by atoms with van der Waals surface area (Å²) in [5.74, 6) is -2.58. The molecule has 0 radical (unpaired) electrons. The zero-order valence-electron chi connectivity index (χ0n) is 26.1. The number of aliphatic hydroxyl groups is 1. The molecule has 0 saturated heterocycles. The lowest BCUT2D eigenvalue weighted by molar-refractivity contribution is -0.232. The van der Waals surface area contributed by atoms with Gasteiger partial charge in [-0.05, 0) is 30.0 Å². The van der Waals surface area contributed by atoms with Crippen molar-refractivity contribution < 1.29 is 51.6 Å². The largest absolute Gasteiger partial charge is 0.493 e. The van der Waals surface area contributed by atoms with E-state index in [1.54, 1.807) is 44.2 Å². The fraction of sp³-hybridized carbons (Fsp3) is 0.452. The van der Waals surface area contributed by atoms with Gasteiger partial charge >= 0.3 is 6.18 Å². The third kappa shape index (κ3) is 7.51. The number of hydrogen-bond acceptors (Lipinski definition) is 8. The van der Waals surface area contributed by atoms with Crippen molar-refractivity contribution in [2.24, 2.45) is 5.92 Å². The van der Waals surface area contributed by atoms with E-state index in [9.17, 15) is 32.7 Å². The summed E-state index contributed by atoms with van der Waals surface area (Å²) in [7, 11) is 5.37. The number of nitrogens with zero attached hydrogens (tertiary/aromatic N) is 3. The smallest absolute Gasteiger partial charge is 0.416 e. The summed E-state index contributed by atoms with van der Waals surface area (Å²) < 4.78 is 64.0. The van der Waals surface area contributed by atoms with Crippen LogP contribution in [-0.2, 0) is 25.5 Å². The predicted molar refractivity (Wildman–Crippen MR) is 157 cm³/mol. The second-order valence-corrected chi connectivity index (χ2v) is 10.6. The summed E-state index contributed by atoms with van der Waals surface area (Å²) in [6.07, 6.45) is -7.42. The SMILES string of the molecule is COCC(=O)N1C=C(c2cc(OC)c(OC)c(OC)c2)N(N(C(C)=O)C(Cc2ccccc2)C(O)C(F)(F)F)C(=O)C1C(C)C. The van der Waals surface area contributed by atoms with Gasteiger partial charge in [0, 0.05) is 25.8 Å². The van der Waals surface area contributed by atoms with Crippen molar-refractivity contribution in [1.82, 2.24) is 14.9 Å². The van der Waals surface area contributed by atoms with E-state index in [4.69, 9.17) is 18.9 Å². The molecule has 11 nitrogen and oxygen atoms in total. The van der Waals surface area contributed by atoms with E-state index in [-0.39, 0.29) is 28.5 Å². The number of hydrogen-bond donors (Lipinski definition) is 1. The van der Waals surface area contributed by atoms with Crippen molar-refractivity contribution in [2.75, 3.05) is 35.0 Å². The average molecular weight is 638 g/mol. The number of ether oxygens (including phenoxy) is 4. The second-order valence-electron chi connectivity index (χ2n) is 10.6. The van der Waals surface area contributed by atoms with Crippen LogP contribution in [0.2, 0.25) is 0 Å². The molecule has 2 aromatic carbocycles. The number of aliphatic hydroxyl groups excluding tert-OH is 1. The monoisotopic (exact) mass is 637 g/mol. The van der Waals surface area contributed by atoms with Gasteiger partial charge in [0.15, 0.2) is 17.6 Å². The van der Waals surface area contributed by atoms with E-state index >= 15 is 0 Å². The summed E-state index contributed by atoms with van der Waals surface area (Å²) in [6.45, 7) is 3.88. The molecule has 0 aromatic heterocycles. The first-order valence-electron chi connectivity index (χ1n) is 14.0. The molecule has 0 saturated carbocycles. The van der Waals surface area contributed by atoms with Crippen molar-refractivity contribution in [2.45, 2.75) is 51.6 Å². The first-order valence-corrected chi connectivity index (χ1v) is 14.0. The van der Waals surface area contributed by atoms with Gasteiger partial charge in [-0.2, -0.15) is 13.2 Å². The lowest BCUT2D eigenvalue weighted by Gasteiger charge is -2.48. The van der Waals surface area contributed by atoms with E-state index in [1.165, 1.54) is 46.8 Å². The topological polar surface area (TPSA) is 118 Å². The lowest BCUT2D eigenvalue weighted by atomic mass is 9.96. The van der Waals surface area contributed by atoms with E-state index in [2.05, 4.69) is 0 Å². The Balaban J connectivity index is 2.41. The Morgan fingerprint density at radius 2 is 1.58 bits per heavy atom. The number of carbonyl (C=O) groups excluding carboxylic acids is 3. The Bertz CT molecular complexity index is 1380. The minimum absolute atomic E-state index is 0.126. The Hall–Kier alpha value is -4.30. The summed E-state index contributed by atoms with van der Waals surface area (Å²) >= 11 is 0. The van der Waals surface area contributed by atoms with Gasteiger partial charge in [0.1, 0.15) is 12.6 Å². The average Bonchev–Trinajstić information content (AvgIpc) is 2.99. The first kappa shape index (κ1) is 35.2. The van der Waals surface area contributed by atoms with E-state index in [1.807, 2.05) is 0 Å². The third-order valence-corrected chi connectivity index (χ3v) is 7.24. The standard InChI is InChI=1S/C31H38F3N3O8/c1-18(2)27-30(41)37(36(19(3)38)22(29(40)31(32,33)34)13-20-11-9-8-10-12-20)23(16-35(27)26(39)17-42-4)21-14-24(43-5)28(45-7)25(15-21)44-6/h8-12,14-16,18,22,27,29,40H,13,17H2,1-7H3. The molecule has 0 fully saturated rings. The molecular formula is C31H38F3N3O8. The van der Waals surface area contributed by atoms with Crippen molar-refractivity contribution in [1.29, 1.82) is 0 Å². The molecular weight excluding hydrogens is 599 g/mol. The second kappa shape index (κ2) is 14.7. The summed E-state index contributed by atoms with van der Waals surface area (Å²) in [5, 5.41) is 12.1. The van der Waals surface area contributed by atoms with Crippen LogP contribution in [0, 0.1) is 5.92 Å². The highest BCUT2D eigenvalue weighted by atomic mass is 19.4. The molecule has 0 spiro atoms. The maximum absolute atomic E-state index is 14.5. The van der Waals surface area contributed by atoms with Crippen LogP contribution in [0.5, 0.6) is 17.2 Å². The van der Waals surface area contributed by atoms with Crippen LogP contribution in [0.15, 0.2) is 48.7 Å². The maximum Gasteiger partial charge on any atom is 0.416 e. The quantitative estimate of drug-likeness (QED) is 0.375. The third-order valence-electron chi connectivity index (χ3n) is 7.24. The van der Waals surface area contributed by atoms with Gasteiger partial charge in [-0.15, -0.1) is 0 Å². The number of rotatable bonds is 12. The van der Waals surface area contributed by atoms with Gasteiger partial charge in [0.2, 0.25) is 11.7 Å². The van der Waals surface area contributed by atoms with Gasteiger partial charge in [0.25, 0.3) is 11.8 Å². The van der Waals surface area contributed by atoms with Crippen molar-refractivity contribution >= 4 is 23.4 Å². The Morgan fingerprint density at radius 3 is 2.02 bits per heavy atom. The van der Waals surface area contributed by atoms with Crippen LogP contribution in [0.1, 0.15) is 31.9 Å². The molecule has 45 heavy (non-hydrogen) atoms.